The Kier molecular flexibility index (Phi) is 6.25. The van der Waals surface area contributed by atoms with E-state index >= 15 is 0 Å². The van der Waals surface area contributed by atoms with E-state index in [0.717, 1.165) is 37.3 Å². The third-order valence-electron chi connectivity index (χ3n) is 5.76. The molecule has 2 aliphatic rings. The zero-order valence-corrected chi connectivity index (χ0v) is 17.9. The molecule has 2 aliphatic heterocycles. The van der Waals surface area contributed by atoms with Crippen LogP contribution in [-0.4, -0.2) is 67.5 Å². The van der Waals surface area contributed by atoms with E-state index in [9.17, 15) is 9.59 Å². The Bertz CT molecular complexity index is 941. The van der Waals surface area contributed by atoms with Gasteiger partial charge in [0.05, 0.1) is 5.02 Å². The van der Waals surface area contributed by atoms with Gasteiger partial charge in [-0.05, 0) is 42.3 Å². The summed E-state index contributed by atoms with van der Waals surface area (Å²) in [6, 6.07) is 13.2. The number of halogens is 1. The van der Waals surface area contributed by atoms with Crippen molar-refractivity contribution in [2.45, 2.75) is 13.3 Å². The number of anilines is 1. The van der Waals surface area contributed by atoms with Gasteiger partial charge in [0.15, 0.2) is 0 Å². The molecule has 0 spiro atoms. The third-order valence-corrected chi connectivity index (χ3v) is 6.08. The van der Waals surface area contributed by atoms with Crippen molar-refractivity contribution in [1.29, 1.82) is 0 Å². The van der Waals surface area contributed by atoms with Crippen LogP contribution in [0.5, 0.6) is 5.75 Å². The average Bonchev–Trinajstić information content (AvgIpc) is 3.19. The first-order valence-electron chi connectivity index (χ1n) is 10.3. The lowest BCUT2D eigenvalue weighted by Crippen LogP contribution is -2.49. The summed E-state index contributed by atoms with van der Waals surface area (Å²) < 4.78 is 5.77. The first-order valence-corrected chi connectivity index (χ1v) is 10.7. The number of hydrogen-bond acceptors (Lipinski definition) is 4. The Morgan fingerprint density at radius 3 is 2.53 bits per heavy atom. The molecule has 2 aromatic carbocycles. The van der Waals surface area contributed by atoms with Crippen LogP contribution in [0.25, 0.3) is 0 Å². The predicted octanol–water partition coefficient (Wildman–Crippen LogP) is 3.09. The fourth-order valence-electron chi connectivity index (χ4n) is 4.07. The largest absolute Gasteiger partial charge is 0.491 e. The van der Waals surface area contributed by atoms with Crippen molar-refractivity contribution in [2.24, 2.45) is 0 Å². The van der Waals surface area contributed by atoms with Crippen LogP contribution in [0.15, 0.2) is 42.5 Å². The molecule has 1 fully saturated rings. The lowest BCUT2D eigenvalue weighted by molar-refractivity contribution is -0.116. The molecule has 0 bridgehead atoms. The summed E-state index contributed by atoms with van der Waals surface area (Å²) in [5, 5.41) is 0.619. The zero-order valence-electron chi connectivity index (χ0n) is 17.1. The van der Waals surface area contributed by atoms with E-state index in [0.29, 0.717) is 42.6 Å². The second-order valence-electron chi connectivity index (χ2n) is 7.68. The van der Waals surface area contributed by atoms with Gasteiger partial charge in [-0.25, -0.2) is 0 Å². The van der Waals surface area contributed by atoms with Crippen LogP contribution >= 0.6 is 11.6 Å². The highest BCUT2D eigenvalue weighted by atomic mass is 35.5. The van der Waals surface area contributed by atoms with E-state index in [1.54, 1.807) is 11.8 Å². The standard InChI is InChI=1S/C23H26ClN3O3/c1-17(28)27-9-8-18-16-19(6-7-21(18)27)23(29)26-12-10-25(11-13-26)14-15-30-22-5-3-2-4-20(22)24/h2-7,16H,8-15H2,1H3. The van der Waals surface area contributed by atoms with E-state index < -0.39 is 0 Å². The topological polar surface area (TPSA) is 53.1 Å². The minimum absolute atomic E-state index is 0.0439. The van der Waals surface area contributed by atoms with E-state index in [1.165, 1.54) is 0 Å². The second kappa shape index (κ2) is 9.06. The fourth-order valence-corrected chi connectivity index (χ4v) is 4.26. The number of carbonyl (C=O) groups is 2. The minimum atomic E-state index is 0.0439. The van der Waals surface area contributed by atoms with Gasteiger partial charge in [0.1, 0.15) is 12.4 Å². The summed E-state index contributed by atoms with van der Waals surface area (Å²) in [5.74, 6) is 0.807. The molecule has 2 aromatic rings. The first-order chi connectivity index (χ1) is 14.5. The fraction of sp³-hybridized carbons (Fsp3) is 0.391. The molecule has 158 valence electrons. The van der Waals surface area contributed by atoms with Gasteiger partial charge in [-0.2, -0.15) is 0 Å². The Morgan fingerprint density at radius 2 is 1.80 bits per heavy atom. The minimum Gasteiger partial charge on any atom is -0.491 e. The molecule has 0 saturated carbocycles. The Hall–Kier alpha value is -2.57. The third kappa shape index (κ3) is 4.45. The molecular weight excluding hydrogens is 402 g/mol. The number of fused-ring (bicyclic) bond motifs is 1. The van der Waals surface area contributed by atoms with Crippen molar-refractivity contribution in [3.8, 4) is 5.75 Å². The van der Waals surface area contributed by atoms with E-state index in [4.69, 9.17) is 16.3 Å². The number of piperazine rings is 1. The lowest BCUT2D eigenvalue weighted by atomic mass is 10.1. The number of nitrogens with zero attached hydrogens (tertiary/aromatic N) is 3. The van der Waals surface area contributed by atoms with Gasteiger partial charge in [-0.1, -0.05) is 23.7 Å². The molecule has 0 aliphatic carbocycles. The highest BCUT2D eigenvalue weighted by Crippen LogP contribution is 2.29. The van der Waals surface area contributed by atoms with Crippen molar-refractivity contribution in [3.63, 3.8) is 0 Å². The molecule has 2 amide bonds. The quantitative estimate of drug-likeness (QED) is 0.735. The van der Waals surface area contributed by atoms with Crippen molar-refractivity contribution in [2.75, 3.05) is 50.8 Å². The van der Waals surface area contributed by atoms with E-state index in [2.05, 4.69) is 4.90 Å². The maximum atomic E-state index is 12.9. The average molecular weight is 428 g/mol. The second-order valence-corrected chi connectivity index (χ2v) is 8.08. The zero-order chi connectivity index (χ0) is 21.1. The molecule has 1 saturated heterocycles. The van der Waals surface area contributed by atoms with Crippen molar-refractivity contribution >= 4 is 29.1 Å². The van der Waals surface area contributed by atoms with Crippen LogP contribution in [-0.2, 0) is 11.2 Å². The van der Waals surface area contributed by atoms with Crippen molar-refractivity contribution < 1.29 is 14.3 Å². The summed E-state index contributed by atoms with van der Waals surface area (Å²) in [7, 11) is 0. The van der Waals surface area contributed by atoms with Gasteiger partial charge < -0.3 is 14.5 Å². The predicted molar refractivity (Wildman–Crippen MR) is 117 cm³/mol. The van der Waals surface area contributed by atoms with Gasteiger partial charge in [-0.15, -0.1) is 0 Å². The lowest BCUT2D eigenvalue weighted by Gasteiger charge is -2.34. The van der Waals surface area contributed by atoms with Crippen LogP contribution in [0, 0.1) is 0 Å². The Morgan fingerprint density at radius 1 is 1.03 bits per heavy atom. The maximum Gasteiger partial charge on any atom is 0.253 e. The molecule has 0 N–H and O–H groups in total. The number of hydrogen-bond donors (Lipinski definition) is 0. The molecule has 0 atom stereocenters. The monoisotopic (exact) mass is 427 g/mol. The number of carbonyl (C=O) groups excluding carboxylic acids is 2. The summed E-state index contributed by atoms with van der Waals surface area (Å²) in [4.78, 5) is 30.6. The smallest absolute Gasteiger partial charge is 0.253 e. The molecule has 30 heavy (non-hydrogen) atoms. The molecule has 0 unspecified atom stereocenters. The van der Waals surface area contributed by atoms with E-state index in [1.807, 2.05) is 47.4 Å². The number of rotatable bonds is 5. The summed E-state index contributed by atoms with van der Waals surface area (Å²) >= 11 is 6.11. The van der Waals surface area contributed by atoms with Gasteiger partial charge >= 0.3 is 0 Å². The van der Waals surface area contributed by atoms with Gasteiger partial charge in [0.25, 0.3) is 5.91 Å². The number of para-hydroxylation sites is 1. The van der Waals surface area contributed by atoms with Crippen molar-refractivity contribution in [1.82, 2.24) is 9.80 Å². The molecule has 0 aromatic heterocycles. The van der Waals surface area contributed by atoms with Crippen LogP contribution in [0.4, 0.5) is 5.69 Å². The van der Waals surface area contributed by atoms with Crippen LogP contribution in [0.3, 0.4) is 0 Å². The first kappa shape index (κ1) is 20.7. The van der Waals surface area contributed by atoms with E-state index in [-0.39, 0.29) is 11.8 Å². The Balaban J connectivity index is 1.28. The number of amides is 2. The molecular formula is C23H26ClN3O3. The van der Waals surface area contributed by atoms with Gasteiger partial charge in [0.2, 0.25) is 5.91 Å². The number of ether oxygens (including phenoxy) is 1. The molecule has 7 heteroatoms. The summed E-state index contributed by atoms with van der Waals surface area (Å²) in [6.45, 7) is 6.66. The summed E-state index contributed by atoms with van der Waals surface area (Å²) in [6.07, 6.45) is 0.801. The highest BCUT2D eigenvalue weighted by molar-refractivity contribution is 6.32. The molecule has 6 nitrogen and oxygen atoms in total. The van der Waals surface area contributed by atoms with Crippen molar-refractivity contribution in [3.05, 3.63) is 58.6 Å². The molecule has 2 heterocycles. The molecule has 4 rings (SSSR count). The Labute approximate surface area is 182 Å². The van der Waals surface area contributed by atoms with Crippen LogP contribution < -0.4 is 9.64 Å². The summed E-state index contributed by atoms with van der Waals surface area (Å²) in [5.41, 5.74) is 2.71. The van der Waals surface area contributed by atoms with Gasteiger partial charge in [-0.3, -0.25) is 14.5 Å². The normalized spacial score (nSPS) is 16.5. The van der Waals surface area contributed by atoms with Crippen LogP contribution in [0.1, 0.15) is 22.8 Å². The maximum absolute atomic E-state index is 12.9. The SMILES string of the molecule is CC(=O)N1CCc2cc(C(=O)N3CCN(CCOc4ccccc4Cl)CC3)ccc21. The van der Waals surface area contributed by atoms with Gasteiger partial charge in [0, 0.05) is 57.4 Å². The number of benzene rings is 2. The highest BCUT2D eigenvalue weighted by Gasteiger charge is 2.26. The molecule has 0 radical (unpaired) electrons. The van der Waals surface area contributed by atoms with Crippen LogP contribution in [0.2, 0.25) is 5.02 Å².